The molecule has 0 spiro atoms. The zero-order valence-corrected chi connectivity index (χ0v) is 35.2. The summed E-state index contributed by atoms with van der Waals surface area (Å²) >= 11 is 0. The van der Waals surface area contributed by atoms with Crippen LogP contribution in [0.4, 0.5) is 0 Å². The molecule has 0 radical (unpaired) electrons. The zero-order chi connectivity index (χ0) is 41.6. The van der Waals surface area contributed by atoms with E-state index in [1.165, 1.54) is 13.3 Å². The van der Waals surface area contributed by atoms with Crippen molar-refractivity contribution in [3.63, 3.8) is 0 Å². The van der Waals surface area contributed by atoms with Crippen molar-refractivity contribution in [3.05, 3.63) is 29.3 Å². The Kier molecular flexibility index (Phi) is 42.0. The van der Waals surface area contributed by atoms with Crippen molar-refractivity contribution >= 4 is 29.8 Å². The van der Waals surface area contributed by atoms with E-state index in [0.29, 0.717) is 48.8 Å². The number of carbonyl (C=O) groups is 4. The fourth-order valence-corrected chi connectivity index (χ4v) is 3.74. The Morgan fingerprint density at radius 1 is 1.02 bits per heavy atom. The highest BCUT2D eigenvalue weighted by Crippen LogP contribution is 2.27. The second-order valence-electron chi connectivity index (χ2n) is 11.4. The van der Waals surface area contributed by atoms with E-state index < -0.39 is 30.4 Å². The number of aliphatic hydroxyl groups excluding tert-OH is 1. The molecule has 0 aromatic heterocycles. The van der Waals surface area contributed by atoms with E-state index >= 15 is 0 Å². The summed E-state index contributed by atoms with van der Waals surface area (Å²) in [4.78, 5) is 49.4. The van der Waals surface area contributed by atoms with Crippen molar-refractivity contribution in [2.45, 2.75) is 166 Å². The summed E-state index contributed by atoms with van der Waals surface area (Å²) in [5.41, 5.74) is 2.33. The van der Waals surface area contributed by atoms with Gasteiger partial charge in [0.05, 0.1) is 11.8 Å². The van der Waals surface area contributed by atoms with Gasteiger partial charge in [-0.15, -0.1) is 0 Å². The van der Waals surface area contributed by atoms with Crippen molar-refractivity contribution in [1.29, 1.82) is 0 Å². The summed E-state index contributed by atoms with van der Waals surface area (Å²) in [6, 6.07) is 5.05. The Morgan fingerprint density at radius 2 is 1.64 bits per heavy atom. The van der Waals surface area contributed by atoms with Crippen LogP contribution in [0.5, 0.6) is 5.75 Å². The molecule has 1 heterocycles. The average Bonchev–Trinajstić information content (AvgIpc) is 3.15. The molecule has 3 atom stereocenters. The van der Waals surface area contributed by atoms with Gasteiger partial charge in [0.15, 0.2) is 6.10 Å². The molecule has 2 rings (SSSR count). The van der Waals surface area contributed by atoms with E-state index in [4.69, 9.17) is 24.2 Å². The van der Waals surface area contributed by atoms with Crippen molar-refractivity contribution in [2.24, 2.45) is 11.1 Å². The van der Waals surface area contributed by atoms with Gasteiger partial charge in [-0.2, -0.15) is 0 Å². The van der Waals surface area contributed by atoms with E-state index in [0.717, 1.165) is 31.3 Å². The van der Waals surface area contributed by atoms with Crippen LogP contribution in [0, 0.1) is 5.92 Å². The summed E-state index contributed by atoms with van der Waals surface area (Å²) in [5.74, 6) is -0.919. The lowest BCUT2D eigenvalue weighted by molar-refractivity contribution is -0.195. The standard InChI is InChI=1S/C20H28N2O8.C11H21NO2.C3H8.3C2H6/c1-12(23)28-11-13-3-4-16(14(7-13)10-22-18(25)5-6-21-2)29-19-9-15(24)8-17(30-19)20(26)27;1-10(2)11(3)12-14-9-7-5-4-6-8-13;1-3-2;3*1-2/h3-4,7,15,17,19,21,24H,5-6,8-11H2,1-2H3,(H,22,25)(H,26,27);8,10H,4-7,9H2,1-3H3;3H2,1-2H3;3*1-2H3/b;12-11+;;;;. The van der Waals surface area contributed by atoms with Crippen molar-refractivity contribution in [3.8, 4) is 5.75 Å². The number of aldehydes is 1. The van der Waals surface area contributed by atoms with Gasteiger partial charge in [-0.05, 0) is 56.8 Å². The van der Waals surface area contributed by atoms with Gasteiger partial charge in [0.2, 0.25) is 12.2 Å². The van der Waals surface area contributed by atoms with E-state index in [9.17, 15) is 24.3 Å². The van der Waals surface area contributed by atoms with Crippen LogP contribution in [-0.4, -0.2) is 78.8 Å². The minimum Gasteiger partial charge on any atom is -0.479 e. The molecule has 0 bridgehead atoms. The zero-order valence-electron chi connectivity index (χ0n) is 35.2. The second kappa shape index (κ2) is 39.7. The van der Waals surface area contributed by atoms with Gasteiger partial charge in [-0.25, -0.2) is 4.79 Å². The molecule has 1 aromatic carbocycles. The van der Waals surface area contributed by atoms with Crippen LogP contribution in [0.15, 0.2) is 23.4 Å². The van der Waals surface area contributed by atoms with Gasteiger partial charge in [-0.1, -0.05) is 86.9 Å². The van der Waals surface area contributed by atoms with Gasteiger partial charge in [0.1, 0.15) is 25.2 Å². The maximum Gasteiger partial charge on any atom is 0.333 e. The minimum absolute atomic E-state index is 0.00903. The molecule has 1 fully saturated rings. The van der Waals surface area contributed by atoms with E-state index in [-0.39, 0.29) is 31.9 Å². The largest absolute Gasteiger partial charge is 0.479 e. The number of esters is 1. The highest BCUT2D eigenvalue weighted by molar-refractivity contribution is 5.83. The van der Waals surface area contributed by atoms with Crippen LogP contribution in [0.1, 0.15) is 146 Å². The topological polar surface area (TPSA) is 182 Å². The molecular weight excluding hydrogens is 682 g/mol. The number of nitrogens with zero attached hydrogens (tertiary/aromatic N) is 1. The summed E-state index contributed by atoms with van der Waals surface area (Å²) in [6.07, 6.45) is 3.28. The van der Waals surface area contributed by atoms with E-state index in [1.54, 1.807) is 25.2 Å². The van der Waals surface area contributed by atoms with Crippen LogP contribution in [0.3, 0.4) is 0 Å². The van der Waals surface area contributed by atoms with E-state index in [1.807, 2.05) is 48.5 Å². The van der Waals surface area contributed by atoms with Gasteiger partial charge in [0, 0.05) is 51.3 Å². The first-order chi connectivity index (χ1) is 25.4. The fourth-order valence-electron chi connectivity index (χ4n) is 3.74. The molecule has 1 aliphatic rings. The highest BCUT2D eigenvalue weighted by Gasteiger charge is 2.34. The number of unbranched alkanes of at least 4 members (excludes halogenated alkanes) is 3. The molecule has 1 aromatic rings. The molecular formula is C40H75N3O10. The summed E-state index contributed by atoms with van der Waals surface area (Å²) in [7, 11) is 1.75. The van der Waals surface area contributed by atoms with Gasteiger partial charge >= 0.3 is 11.9 Å². The first kappa shape index (κ1) is 56.2. The Balaban J connectivity index is -0.000000436. The SMILES string of the molecule is C/C(=N\OCCCCCC=O)C(C)C.CC.CC.CC.CCC.CNCCC(=O)NCc1cc(COC(C)=O)ccc1OC1CC(O)CC(C(=O)O)O1. The fraction of sp³-hybridized carbons (Fsp3) is 0.725. The first-order valence-corrected chi connectivity index (χ1v) is 19.4. The molecule has 1 amide bonds. The highest BCUT2D eigenvalue weighted by atomic mass is 16.7. The van der Waals surface area contributed by atoms with Gasteiger partial charge in [0.25, 0.3) is 0 Å². The van der Waals surface area contributed by atoms with Crippen molar-refractivity contribution in [2.75, 3.05) is 20.2 Å². The van der Waals surface area contributed by atoms with Crippen LogP contribution in [0.25, 0.3) is 0 Å². The molecule has 3 unspecified atom stereocenters. The Hall–Kier alpha value is -3.55. The number of nitrogens with one attached hydrogen (secondary N) is 2. The molecule has 0 aliphatic carbocycles. The number of benzene rings is 1. The Labute approximate surface area is 321 Å². The number of hydrogen-bond donors (Lipinski definition) is 4. The van der Waals surface area contributed by atoms with Crippen LogP contribution < -0.4 is 15.4 Å². The number of carboxylic acids is 1. The predicted octanol–water partition coefficient (Wildman–Crippen LogP) is 7.59. The van der Waals surface area contributed by atoms with Gasteiger partial charge in [-0.3, -0.25) is 9.59 Å². The molecule has 4 N–H and O–H groups in total. The lowest BCUT2D eigenvalue weighted by Gasteiger charge is -2.31. The normalized spacial score (nSPS) is 15.7. The number of aliphatic hydroxyl groups is 1. The molecule has 1 saturated heterocycles. The smallest absolute Gasteiger partial charge is 0.333 e. The number of amides is 1. The third-order valence-electron chi connectivity index (χ3n) is 6.55. The second-order valence-corrected chi connectivity index (χ2v) is 11.4. The molecule has 310 valence electrons. The summed E-state index contributed by atoms with van der Waals surface area (Å²) in [6.45, 7) is 25.1. The Bertz CT molecular complexity index is 1080. The van der Waals surface area contributed by atoms with Crippen molar-refractivity contribution < 1.29 is 48.4 Å². The number of aliphatic carboxylic acids is 1. The average molecular weight is 758 g/mol. The van der Waals surface area contributed by atoms with Crippen molar-refractivity contribution in [1.82, 2.24) is 10.6 Å². The molecule has 53 heavy (non-hydrogen) atoms. The number of carboxylic acid groups (broad SMARTS) is 1. The molecule has 0 saturated carbocycles. The quantitative estimate of drug-likeness (QED) is 0.0381. The molecule has 13 heteroatoms. The Morgan fingerprint density at radius 3 is 2.17 bits per heavy atom. The van der Waals surface area contributed by atoms with Crippen LogP contribution >= 0.6 is 0 Å². The maximum absolute atomic E-state index is 12.0. The summed E-state index contributed by atoms with van der Waals surface area (Å²) in [5, 5.41) is 28.8. The lowest BCUT2D eigenvalue weighted by atomic mass is 10.1. The maximum atomic E-state index is 12.0. The third kappa shape index (κ3) is 32.8. The number of hydrogen-bond acceptors (Lipinski definition) is 11. The lowest BCUT2D eigenvalue weighted by Crippen LogP contribution is -2.42. The van der Waals surface area contributed by atoms with Gasteiger partial charge < -0.3 is 44.7 Å². The molecule has 1 aliphatic heterocycles. The summed E-state index contributed by atoms with van der Waals surface area (Å²) < 4.78 is 16.2. The number of rotatable bonds is 18. The molecule has 13 nitrogen and oxygen atoms in total. The number of carbonyl (C=O) groups excluding carboxylic acids is 3. The number of ether oxygens (including phenoxy) is 3. The van der Waals surface area contributed by atoms with E-state index in [2.05, 4.69) is 43.5 Å². The predicted molar refractivity (Wildman–Crippen MR) is 213 cm³/mol. The third-order valence-corrected chi connectivity index (χ3v) is 6.55. The minimum atomic E-state index is -1.17. The van der Waals surface area contributed by atoms with Crippen LogP contribution in [-0.2, 0) is 46.6 Å². The monoisotopic (exact) mass is 758 g/mol. The van der Waals surface area contributed by atoms with Crippen LogP contribution in [0.2, 0.25) is 0 Å². The number of oxime groups is 1. The first-order valence-electron chi connectivity index (χ1n) is 19.4.